The van der Waals surface area contributed by atoms with E-state index >= 15 is 0 Å². The van der Waals surface area contributed by atoms with Gasteiger partial charge in [-0.2, -0.15) is 0 Å². The van der Waals surface area contributed by atoms with Crippen LogP contribution in [0.5, 0.6) is 0 Å². The molecule has 3 aromatic rings. The summed E-state index contributed by atoms with van der Waals surface area (Å²) in [4.78, 5) is 28.4. The number of aliphatic hydroxyl groups is 2. The number of amides is 2. The highest BCUT2D eigenvalue weighted by molar-refractivity contribution is 6.00. The van der Waals surface area contributed by atoms with Crippen molar-refractivity contribution in [3.05, 3.63) is 77.5 Å². The molecule has 0 radical (unpaired) electrons. The highest BCUT2D eigenvalue weighted by atomic mass is 16.3. The third-order valence-corrected chi connectivity index (χ3v) is 5.42. The average molecular weight is 447 g/mol. The van der Waals surface area contributed by atoms with E-state index in [0.29, 0.717) is 17.9 Å². The Morgan fingerprint density at radius 1 is 1.18 bits per heavy atom. The number of rotatable bonds is 8. The second kappa shape index (κ2) is 9.68. The van der Waals surface area contributed by atoms with Gasteiger partial charge in [-0.05, 0) is 29.3 Å². The smallest absolute Gasteiger partial charge is 0.254 e. The molecule has 2 atom stereocenters. The van der Waals surface area contributed by atoms with Crippen molar-refractivity contribution in [3.63, 3.8) is 0 Å². The summed E-state index contributed by atoms with van der Waals surface area (Å²) in [5.41, 5.74) is 3.90. The van der Waals surface area contributed by atoms with Gasteiger partial charge in [0.25, 0.3) is 5.91 Å². The van der Waals surface area contributed by atoms with Crippen molar-refractivity contribution in [1.29, 1.82) is 0 Å². The molecule has 2 aromatic carbocycles. The second-order valence-electron chi connectivity index (χ2n) is 7.70. The summed E-state index contributed by atoms with van der Waals surface area (Å²) in [7, 11) is 1.52. The number of carbonyl (C=O) groups excluding carboxylic acids is 2. The third-order valence-electron chi connectivity index (χ3n) is 5.42. The van der Waals surface area contributed by atoms with Crippen LogP contribution in [-0.4, -0.2) is 46.8 Å². The van der Waals surface area contributed by atoms with Crippen molar-refractivity contribution in [2.75, 3.05) is 29.6 Å². The fourth-order valence-electron chi connectivity index (χ4n) is 3.75. The zero-order chi connectivity index (χ0) is 23.4. The maximum Gasteiger partial charge on any atom is 0.254 e. The summed E-state index contributed by atoms with van der Waals surface area (Å²) >= 11 is 0. The first-order valence-electron chi connectivity index (χ1n) is 10.5. The van der Waals surface area contributed by atoms with Gasteiger partial charge >= 0.3 is 0 Å². The van der Waals surface area contributed by atoms with E-state index in [1.54, 1.807) is 6.07 Å². The lowest BCUT2D eigenvalue weighted by atomic mass is 10.0. The van der Waals surface area contributed by atoms with Crippen LogP contribution in [0.2, 0.25) is 0 Å². The minimum absolute atomic E-state index is 0.0453. The van der Waals surface area contributed by atoms with E-state index in [1.807, 2.05) is 48.5 Å². The van der Waals surface area contributed by atoms with Crippen LogP contribution < -0.4 is 21.3 Å². The minimum Gasteiger partial charge on any atom is -0.394 e. The summed E-state index contributed by atoms with van der Waals surface area (Å²) < 4.78 is 0. The van der Waals surface area contributed by atoms with E-state index in [0.717, 1.165) is 22.5 Å². The van der Waals surface area contributed by atoms with Crippen LogP contribution in [0.25, 0.3) is 0 Å². The van der Waals surface area contributed by atoms with E-state index < -0.39 is 18.8 Å². The Bertz CT molecular complexity index is 1170. The molecule has 0 unspecified atom stereocenters. The molecule has 0 saturated carbocycles. The molecule has 4 rings (SSSR count). The summed E-state index contributed by atoms with van der Waals surface area (Å²) in [6.45, 7) is -0.458. The van der Waals surface area contributed by atoms with Crippen molar-refractivity contribution in [3.8, 4) is 0 Å². The molecule has 33 heavy (non-hydrogen) atoms. The Balaban J connectivity index is 1.66. The molecule has 0 bridgehead atoms. The van der Waals surface area contributed by atoms with E-state index in [4.69, 9.17) is 0 Å². The molecular formula is C24H25N5O4. The number of aromatic nitrogens is 1. The normalized spacial score (nSPS) is 14.1. The largest absolute Gasteiger partial charge is 0.394 e. The molecular weight excluding hydrogens is 422 g/mol. The van der Waals surface area contributed by atoms with Gasteiger partial charge in [-0.25, -0.2) is 4.98 Å². The number of pyridine rings is 1. The SMILES string of the molecule is CNC(=O)c1cnc(Nc2ccc3c(c2)CC(=O)N3)cc1N[C@@H](c1ccccc1)[C@H](O)CO. The lowest BCUT2D eigenvalue weighted by molar-refractivity contribution is -0.115. The van der Waals surface area contributed by atoms with Gasteiger partial charge in [-0.3, -0.25) is 9.59 Å². The average Bonchev–Trinajstić information content (AvgIpc) is 3.21. The van der Waals surface area contributed by atoms with Crippen molar-refractivity contribution in [2.45, 2.75) is 18.6 Å². The number of anilines is 4. The van der Waals surface area contributed by atoms with E-state index in [-0.39, 0.29) is 17.4 Å². The van der Waals surface area contributed by atoms with Crippen molar-refractivity contribution >= 4 is 34.7 Å². The molecule has 170 valence electrons. The Labute approximate surface area is 190 Å². The molecule has 9 heteroatoms. The standard InChI is InChI=1S/C24H25N5O4/c1-25-24(33)17-12-26-21(27-16-7-8-18-15(9-16)10-22(32)28-18)11-19(17)29-23(20(31)13-30)14-5-3-2-4-6-14/h2-9,11-12,20,23,30-31H,10,13H2,1H3,(H,25,33)(H,28,32)(H2,26,27,29)/t20-,23+/m1/s1. The summed E-state index contributed by atoms with van der Waals surface area (Å²) in [5.74, 6) is 0.0766. The lowest BCUT2D eigenvalue weighted by Gasteiger charge is -2.25. The zero-order valence-corrected chi connectivity index (χ0v) is 18.0. The lowest BCUT2D eigenvalue weighted by Crippen LogP contribution is -2.30. The van der Waals surface area contributed by atoms with E-state index in [2.05, 4.69) is 26.3 Å². The molecule has 0 spiro atoms. The first-order chi connectivity index (χ1) is 16.0. The Morgan fingerprint density at radius 3 is 2.70 bits per heavy atom. The van der Waals surface area contributed by atoms with Crippen LogP contribution in [0.1, 0.15) is 27.5 Å². The number of nitrogens with one attached hydrogen (secondary N) is 4. The second-order valence-corrected chi connectivity index (χ2v) is 7.70. The monoisotopic (exact) mass is 447 g/mol. The highest BCUT2D eigenvalue weighted by Crippen LogP contribution is 2.30. The van der Waals surface area contributed by atoms with Crippen LogP contribution >= 0.6 is 0 Å². The number of benzene rings is 2. The van der Waals surface area contributed by atoms with Crippen molar-refractivity contribution in [1.82, 2.24) is 10.3 Å². The molecule has 2 amide bonds. The topological polar surface area (TPSA) is 136 Å². The third kappa shape index (κ3) is 4.94. The van der Waals surface area contributed by atoms with Gasteiger partial charge in [0, 0.05) is 30.7 Å². The van der Waals surface area contributed by atoms with Crippen LogP contribution in [0.15, 0.2) is 60.8 Å². The van der Waals surface area contributed by atoms with Gasteiger partial charge in [0.2, 0.25) is 5.91 Å². The molecule has 1 aromatic heterocycles. The number of fused-ring (bicyclic) bond motifs is 1. The number of carbonyl (C=O) groups is 2. The fraction of sp³-hybridized carbons (Fsp3) is 0.208. The highest BCUT2D eigenvalue weighted by Gasteiger charge is 2.23. The zero-order valence-electron chi connectivity index (χ0n) is 18.0. The maximum atomic E-state index is 12.5. The van der Waals surface area contributed by atoms with E-state index in [1.165, 1.54) is 13.2 Å². The summed E-state index contributed by atoms with van der Waals surface area (Å²) in [6.07, 6.45) is 0.657. The molecule has 2 heterocycles. The molecule has 1 aliphatic heterocycles. The number of hydrogen-bond acceptors (Lipinski definition) is 7. The van der Waals surface area contributed by atoms with Gasteiger partial charge in [0.1, 0.15) is 11.9 Å². The van der Waals surface area contributed by atoms with Gasteiger partial charge < -0.3 is 31.5 Å². The molecule has 0 fully saturated rings. The van der Waals surface area contributed by atoms with Gasteiger partial charge in [0.05, 0.1) is 30.3 Å². The molecule has 1 aliphatic rings. The molecule has 0 saturated heterocycles. The van der Waals surface area contributed by atoms with Gasteiger partial charge in [-0.1, -0.05) is 30.3 Å². The van der Waals surface area contributed by atoms with Crippen molar-refractivity contribution < 1.29 is 19.8 Å². The van der Waals surface area contributed by atoms with Crippen LogP contribution in [0, 0.1) is 0 Å². The van der Waals surface area contributed by atoms with Crippen LogP contribution in [0.3, 0.4) is 0 Å². The molecule has 9 nitrogen and oxygen atoms in total. The predicted molar refractivity (Wildman–Crippen MR) is 126 cm³/mol. The van der Waals surface area contributed by atoms with Crippen LogP contribution in [-0.2, 0) is 11.2 Å². The quantitative estimate of drug-likeness (QED) is 0.312. The maximum absolute atomic E-state index is 12.5. The fourth-order valence-corrected chi connectivity index (χ4v) is 3.75. The molecule has 6 N–H and O–H groups in total. The predicted octanol–water partition coefficient (Wildman–Crippen LogP) is 2.19. The van der Waals surface area contributed by atoms with Gasteiger partial charge in [-0.15, -0.1) is 0 Å². The Kier molecular flexibility index (Phi) is 6.53. The Morgan fingerprint density at radius 2 is 1.97 bits per heavy atom. The van der Waals surface area contributed by atoms with Crippen LogP contribution in [0.4, 0.5) is 22.9 Å². The summed E-state index contributed by atoms with van der Waals surface area (Å²) in [6, 6.07) is 15.7. The summed E-state index contributed by atoms with van der Waals surface area (Å²) in [5, 5.41) is 31.8. The first kappa shape index (κ1) is 22.3. The number of aliphatic hydroxyl groups excluding tert-OH is 2. The van der Waals surface area contributed by atoms with Crippen molar-refractivity contribution in [2.24, 2.45) is 0 Å². The Hall–Kier alpha value is -3.95. The minimum atomic E-state index is -1.10. The van der Waals surface area contributed by atoms with Gasteiger partial charge in [0.15, 0.2) is 0 Å². The number of hydrogen-bond donors (Lipinski definition) is 6. The molecule has 0 aliphatic carbocycles. The van der Waals surface area contributed by atoms with E-state index in [9.17, 15) is 19.8 Å². The number of nitrogens with zero attached hydrogens (tertiary/aromatic N) is 1. The first-order valence-corrected chi connectivity index (χ1v) is 10.5.